The van der Waals surface area contributed by atoms with E-state index >= 15 is 0 Å². The molecule has 1 unspecified atom stereocenters. The van der Waals surface area contributed by atoms with E-state index in [-0.39, 0.29) is 11.8 Å². The molecule has 1 saturated heterocycles. The van der Waals surface area contributed by atoms with Gasteiger partial charge in [0.2, 0.25) is 11.9 Å². The first-order chi connectivity index (χ1) is 18.7. The summed E-state index contributed by atoms with van der Waals surface area (Å²) in [6, 6.07) is 10.3. The fourth-order valence-corrected chi connectivity index (χ4v) is 5.81. The largest absolute Gasteiger partial charge is 0.492 e. The molecule has 0 radical (unpaired) electrons. The molecule has 1 amide bonds. The molecular weight excluding hydrogens is 478 g/mol. The molecule has 9 nitrogen and oxygen atoms in total. The van der Waals surface area contributed by atoms with E-state index < -0.39 is 0 Å². The Kier molecular flexibility index (Phi) is 8.61. The van der Waals surface area contributed by atoms with Crippen molar-refractivity contribution in [2.24, 2.45) is 5.92 Å². The van der Waals surface area contributed by atoms with Crippen LogP contribution < -0.4 is 15.0 Å². The van der Waals surface area contributed by atoms with Gasteiger partial charge in [0.1, 0.15) is 12.4 Å². The van der Waals surface area contributed by atoms with Gasteiger partial charge in [-0.3, -0.25) is 4.79 Å². The van der Waals surface area contributed by atoms with E-state index in [1.54, 1.807) is 0 Å². The number of amides is 1. The second-order valence-corrected chi connectivity index (χ2v) is 10.4. The van der Waals surface area contributed by atoms with Crippen molar-refractivity contribution in [3.63, 3.8) is 0 Å². The molecule has 1 atom stereocenters. The van der Waals surface area contributed by atoms with Gasteiger partial charge in [0.15, 0.2) is 17.0 Å². The Balaban J connectivity index is 1.39. The molecule has 1 saturated carbocycles. The molecule has 0 spiro atoms. The molecule has 1 aromatic carbocycles. The third-order valence-electron chi connectivity index (χ3n) is 7.91. The van der Waals surface area contributed by atoms with E-state index in [1.807, 2.05) is 55.4 Å². The third kappa shape index (κ3) is 5.87. The highest BCUT2D eigenvalue weighted by atomic mass is 16.5. The highest BCUT2D eigenvalue weighted by Crippen LogP contribution is 2.33. The van der Waals surface area contributed by atoms with Gasteiger partial charge >= 0.3 is 0 Å². The van der Waals surface area contributed by atoms with Crippen LogP contribution in [-0.4, -0.2) is 69.7 Å². The van der Waals surface area contributed by atoms with Crippen LogP contribution in [0.3, 0.4) is 0 Å². The monoisotopic (exact) mass is 519 g/mol. The maximum absolute atomic E-state index is 13.1. The average molecular weight is 520 g/mol. The standard InChI is InChI=1S/C29H41N7O2/c1-3-34(4-2)28(37)22-12-11-18-35(20-22)29-32-26(30-17-19-38-24-15-9-6-10-16-24)25-27(33-29)36(21-31-25)23-13-7-5-8-14-23/h6,9-10,15-16,21-23H,3-5,7-8,11-14,17-20H2,1-2H3,(H,30,32,33). The Morgan fingerprint density at radius 1 is 1.05 bits per heavy atom. The molecule has 1 aliphatic carbocycles. The molecule has 2 aromatic heterocycles. The lowest BCUT2D eigenvalue weighted by Crippen LogP contribution is -2.45. The summed E-state index contributed by atoms with van der Waals surface area (Å²) in [5.41, 5.74) is 1.68. The first-order valence-corrected chi connectivity index (χ1v) is 14.4. The number of anilines is 2. The van der Waals surface area contributed by atoms with Gasteiger partial charge in [-0.05, 0) is 51.7 Å². The zero-order chi connectivity index (χ0) is 26.3. The molecule has 38 heavy (non-hydrogen) atoms. The highest BCUT2D eigenvalue weighted by molar-refractivity contribution is 5.85. The average Bonchev–Trinajstić information content (AvgIpc) is 3.41. The number of nitrogens with zero attached hydrogens (tertiary/aromatic N) is 6. The number of imidazole rings is 1. The summed E-state index contributed by atoms with van der Waals surface area (Å²) in [6.07, 6.45) is 9.90. The van der Waals surface area contributed by atoms with E-state index in [9.17, 15) is 4.79 Å². The number of fused-ring (bicyclic) bond motifs is 1. The number of nitrogens with one attached hydrogen (secondary N) is 1. The second-order valence-electron chi connectivity index (χ2n) is 10.4. The molecule has 1 N–H and O–H groups in total. The van der Waals surface area contributed by atoms with Gasteiger partial charge in [-0.2, -0.15) is 9.97 Å². The van der Waals surface area contributed by atoms with Gasteiger partial charge in [-0.1, -0.05) is 37.5 Å². The van der Waals surface area contributed by atoms with Crippen molar-refractivity contribution in [2.45, 2.75) is 64.8 Å². The summed E-state index contributed by atoms with van der Waals surface area (Å²) in [5.74, 6) is 2.47. The Bertz CT molecular complexity index is 1190. The minimum atomic E-state index is -0.0260. The Morgan fingerprint density at radius 3 is 2.61 bits per heavy atom. The van der Waals surface area contributed by atoms with Crippen molar-refractivity contribution in [3.8, 4) is 5.75 Å². The van der Waals surface area contributed by atoms with Gasteiger partial charge < -0.3 is 24.4 Å². The Morgan fingerprint density at radius 2 is 1.84 bits per heavy atom. The molecule has 3 aromatic rings. The number of para-hydroxylation sites is 1. The minimum Gasteiger partial charge on any atom is -0.492 e. The highest BCUT2D eigenvalue weighted by Gasteiger charge is 2.30. The van der Waals surface area contributed by atoms with Crippen LogP contribution in [0.15, 0.2) is 36.7 Å². The Labute approximate surface area is 225 Å². The first-order valence-electron chi connectivity index (χ1n) is 14.4. The number of hydrogen-bond acceptors (Lipinski definition) is 7. The zero-order valence-corrected chi connectivity index (χ0v) is 22.8. The molecule has 1 aliphatic heterocycles. The van der Waals surface area contributed by atoms with Crippen LogP contribution in [0.25, 0.3) is 11.2 Å². The summed E-state index contributed by atoms with van der Waals surface area (Å²) < 4.78 is 8.14. The van der Waals surface area contributed by atoms with Gasteiger partial charge in [-0.15, -0.1) is 0 Å². The van der Waals surface area contributed by atoms with Crippen LogP contribution in [0.5, 0.6) is 5.75 Å². The molecule has 5 rings (SSSR count). The molecule has 3 heterocycles. The zero-order valence-electron chi connectivity index (χ0n) is 22.8. The molecular formula is C29H41N7O2. The topological polar surface area (TPSA) is 88.4 Å². The molecule has 2 aliphatic rings. The van der Waals surface area contributed by atoms with E-state index in [0.29, 0.717) is 31.7 Å². The number of ether oxygens (including phenoxy) is 1. The number of hydrogen-bond donors (Lipinski definition) is 1. The quantitative estimate of drug-likeness (QED) is 0.381. The van der Waals surface area contributed by atoms with Gasteiger partial charge in [0.05, 0.1) is 18.8 Å². The number of carbonyl (C=O) groups is 1. The van der Waals surface area contributed by atoms with Crippen molar-refractivity contribution in [1.82, 2.24) is 24.4 Å². The van der Waals surface area contributed by atoms with Crippen LogP contribution in [0.1, 0.15) is 64.8 Å². The van der Waals surface area contributed by atoms with Gasteiger partial charge in [0.25, 0.3) is 0 Å². The SMILES string of the molecule is CCN(CC)C(=O)C1CCCN(c2nc(NCCOc3ccccc3)c3ncn(C4CCCCC4)c3n2)C1. The van der Waals surface area contributed by atoms with Crippen LogP contribution >= 0.6 is 0 Å². The van der Waals surface area contributed by atoms with Crippen LogP contribution in [0, 0.1) is 5.92 Å². The normalized spacial score (nSPS) is 18.5. The third-order valence-corrected chi connectivity index (χ3v) is 7.91. The first kappa shape index (κ1) is 26.3. The number of benzene rings is 1. The summed E-state index contributed by atoms with van der Waals surface area (Å²) >= 11 is 0. The maximum atomic E-state index is 13.1. The Hall–Kier alpha value is -3.36. The van der Waals surface area contributed by atoms with Crippen molar-refractivity contribution >= 4 is 28.8 Å². The number of carbonyl (C=O) groups excluding carboxylic acids is 1. The summed E-state index contributed by atoms with van der Waals surface area (Å²) in [7, 11) is 0. The van der Waals surface area contributed by atoms with Crippen LogP contribution in [-0.2, 0) is 4.79 Å². The van der Waals surface area contributed by atoms with Crippen molar-refractivity contribution < 1.29 is 9.53 Å². The van der Waals surface area contributed by atoms with Crippen molar-refractivity contribution in [1.29, 1.82) is 0 Å². The lowest BCUT2D eigenvalue weighted by molar-refractivity contribution is -0.135. The maximum Gasteiger partial charge on any atom is 0.229 e. The molecule has 9 heteroatoms. The van der Waals surface area contributed by atoms with E-state index in [1.165, 1.54) is 19.3 Å². The minimum absolute atomic E-state index is 0.0260. The van der Waals surface area contributed by atoms with Gasteiger partial charge in [-0.25, -0.2) is 4.98 Å². The van der Waals surface area contributed by atoms with Crippen LogP contribution in [0.4, 0.5) is 11.8 Å². The second kappa shape index (κ2) is 12.5. The number of piperidine rings is 1. The van der Waals surface area contributed by atoms with Gasteiger partial charge in [0, 0.05) is 32.2 Å². The lowest BCUT2D eigenvalue weighted by Gasteiger charge is -2.34. The number of rotatable bonds is 10. The predicted molar refractivity (Wildman–Crippen MR) is 151 cm³/mol. The predicted octanol–water partition coefficient (Wildman–Crippen LogP) is 4.91. The summed E-state index contributed by atoms with van der Waals surface area (Å²) in [6.45, 7) is 8.19. The lowest BCUT2D eigenvalue weighted by atomic mass is 9.95. The van der Waals surface area contributed by atoms with Crippen LogP contribution in [0.2, 0.25) is 0 Å². The van der Waals surface area contributed by atoms with Crippen molar-refractivity contribution in [3.05, 3.63) is 36.7 Å². The summed E-state index contributed by atoms with van der Waals surface area (Å²) in [4.78, 5) is 32.1. The van der Waals surface area contributed by atoms with E-state index in [2.05, 4.69) is 14.8 Å². The fourth-order valence-electron chi connectivity index (χ4n) is 5.81. The molecule has 0 bridgehead atoms. The fraction of sp³-hybridized carbons (Fsp3) is 0.586. The van der Waals surface area contributed by atoms with Crippen molar-refractivity contribution in [2.75, 3.05) is 49.5 Å². The van der Waals surface area contributed by atoms with E-state index in [4.69, 9.17) is 19.7 Å². The van der Waals surface area contributed by atoms with E-state index in [0.717, 1.165) is 68.0 Å². The molecule has 2 fully saturated rings. The number of aromatic nitrogens is 4. The smallest absolute Gasteiger partial charge is 0.229 e. The molecule has 204 valence electrons. The summed E-state index contributed by atoms with van der Waals surface area (Å²) in [5, 5.41) is 3.47.